The monoisotopic (exact) mass is 260 g/mol. The van der Waals surface area contributed by atoms with Crippen LogP contribution in [0.15, 0.2) is 24.3 Å². The lowest BCUT2D eigenvalue weighted by Crippen LogP contribution is -2.20. The Labute approximate surface area is 118 Å². The first-order valence-electron chi connectivity index (χ1n) is 7.87. The lowest BCUT2D eigenvalue weighted by molar-refractivity contribution is 0.332. The highest BCUT2D eigenvalue weighted by atomic mass is 15.1. The van der Waals surface area contributed by atoms with E-state index >= 15 is 0 Å². The second-order valence-electron chi connectivity index (χ2n) is 5.70. The van der Waals surface area contributed by atoms with Gasteiger partial charge in [-0.3, -0.25) is 4.90 Å². The average molecular weight is 260 g/mol. The number of para-hydroxylation sites is 1. The molecule has 0 unspecified atom stereocenters. The van der Waals surface area contributed by atoms with Gasteiger partial charge in [0.05, 0.1) is 0 Å². The van der Waals surface area contributed by atoms with Gasteiger partial charge in [-0.2, -0.15) is 0 Å². The van der Waals surface area contributed by atoms with Crippen molar-refractivity contribution in [3.8, 4) is 0 Å². The Morgan fingerprint density at radius 3 is 2.47 bits per heavy atom. The average Bonchev–Trinajstić information content (AvgIpc) is 2.94. The normalized spacial score (nSPS) is 16.2. The van der Waals surface area contributed by atoms with E-state index in [0.717, 1.165) is 19.0 Å². The maximum absolute atomic E-state index is 3.66. The molecule has 1 aliphatic rings. The summed E-state index contributed by atoms with van der Waals surface area (Å²) in [5, 5.41) is 3.66. The van der Waals surface area contributed by atoms with Gasteiger partial charge in [0, 0.05) is 18.8 Å². The Balaban J connectivity index is 1.95. The second kappa shape index (κ2) is 7.54. The summed E-state index contributed by atoms with van der Waals surface area (Å²) >= 11 is 0. The summed E-state index contributed by atoms with van der Waals surface area (Å²) in [5.74, 6) is 0.792. The first-order valence-corrected chi connectivity index (χ1v) is 7.87. The summed E-state index contributed by atoms with van der Waals surface area (Å²) in [4.78, 5) is 2.57. The third-order valence-corrected chi connectivity index (χ3v) is 4.35. The molecule has 0 bridgehead atoms. The third kappa shape index (κ3) is 4.24. The van der Waals surface area contributed by atoms with Crippen molar-refractivity contribution in [2.45, 2.75) is 46.1 Å². The molecule has 19 heavy (non-hydrogen) atoms. The van der Waals surface area contributed by atoms with Crippen molar-refractivity contribution in [3.63, 3.8) is 0 Å². The van der Waals surface area contributed by atoms with E-state index < -0.39 is 0 Å². The Morgan fingerprint density at radius 2 is 1.79 bits per heavy atom. The van der Waals surface area contributed by atoms with E-state index in [9.17, 15) is 0 Å². The number of hydrogen-bond donors (Lipinski definition) is 1. The minimum absolute atomic E-state index is 0.792. The van der Waals surface area contributed by atoms with E-state index in [4.69, 9.17) is 0 Å². The zero-order valence-electron chi connectivity index (χ0n) is 12.5. The minimum Gasteiger partial charge on any atom is -0.385 e. The molecule has 0 atom stereocenters. The summed E-state index contributed by atoms with van der Waals surface area (Å²) in [7, 11) is 0. The van der Waals surface area contributed by atoms with Crippen LogP contribution in [0.2, 0.25) is 0 Å². The van der Waals surface area contributed by atoms with Gasteiger partial charge in [0.25, 0.3) is 0 Å². The van der Waals surface area contributed by atoms with Crippen LogP contribution in [0, 0.1) is 5.92 Å². The van der Waals surface area contributed by atoms with Crippen molar-refractivity contribution in [3.05, 3.63) is 29.8 Å². The van der Waals surface area contributed by atoms with Crippen LogP contribution in [-0.2, 0) is 6.54 Å². The van der Waals surface area contributed by atoms with Crippen molar-refractivity contribution < 1.29 is 0 Å². The maximum atomic E-state index is 3.66. The molecule has 1 aliphatic heterocycles. The molecule has 0 spiro atoms. The van der Waals surface area contributed by atoms with Crippen LogP contribution < -0.4 is 5.32 Å². The van der Waals surface area contributed by atoms with Crippen LogP contribution in [0.3, 0.4) is 0 Å². The lowest BCUT2D eigenvalue weighted by Gasteiger charge is -2.20. The molecule has 0 amide bonds. The number of hydrogen-bond acceptors (Lipinski definition) is 2. The molecule has 0 aromatic heterocycles. The Morgan fingerprint density at radius 1 is 1.11 bits per heavy atom. The molecule has 0 aliphatic carbocycles. The van der Waals surface area contributed by atoms with Crippen molar-refractivity contribution in [1.29, 1.82) is 0 Å². The van der Waals surface area contributed by atoms with E-state index in [2.05, 4.69) is 48.3 Å². The number of nitrogens with zero attached hydrogens (tertiary/aromatic N) is 1. The Hall–Kier alpha value is -1.02. The number of anilines is 1. The minimum atomic E-state index is 0.792. The quantitative estimate of drug-likeness (QED) is 0.793. The fourth-order valence-corrected chi connectivity index (χ4v) is 2.84. The maximum Gasteiger partial charge on any atom is 0.0385 e. The van der Waals surface area contributed by atoms with Crippen LogP contribution in [0.1, 0.15) is 45.1 Å². The molecule has 106 valence electrons. The van der Waals surface area contributed by atoms with Gasteiger partial charge in [-0.15, -0.1) is 0 Å². The lowest BCUT2D eigenvalue weighted by atomic mass is 10.0. The summed E-state index contributed by atoms with van der Waals surface area (Å²) in [6, 6.07) is 8.80. The van der Waals surface area contributed by atoms with Gasteiger partial charge in [0.1, 0.15) is 0 Å². The first-order chi connectivity index (χ1) is 9.33. The predicted octanol–water partition coefficient (Wildman–Crippen LogP) is 4.13. The summed E-state index contributed by atoms with van der Waals surface area (Å²) in [6.45, 7) is 9.30. The third-order valence-electron chi connectivity index (χ3n) is 4.35. The fraction of sp³-hybridized carbons (Fsp3) is 0.647. The molecule has 1 aromatic carbocycles. The van der Waals surface area contributed by atoms with Gasteiger partial charge in [-0.05, 0) is 43.5 Å². The van der Waals surface area contributed by atoms with Gasteiger partial charge in [0.15, 0.2) is 0 Å². The van der Waals surface area contributed by atoms with E-state index in [-0.39, 0.29) is 0 Å². The van der Waals surface area contributed by atoms with Crippen LogP contribution in [-0.4, -0.2) is 24.5 Å². The molecule has 2 heteroatoms. The van der Waals surface area contributed by atoms with Gasteiger partial charge < -0.3 is 5.32 Å². The van der Waals surface area contributed by atoms with Crippen molar-refractivity contribution in [2.24, 2.45) is 5.92 Å². The molecule has 1 heterocycles. The molecule has 0 saturated carbocycles. The highest BCUT2D eigenvalue weighted by Crippen LogP contribution is 2.20. The molecule has 1 N–H and O–H groups in total. The van der Waals surface area contributed by atoms with Crippen LogP contribution in [0.5, 0.6) is 0 Å². The first kappa shape index (κ1) is 14.4. The summed E-state index contributed by atoms with van der Waals surface area (Å²) < 4.78 is 0. The molecule has 1 aromatic rings. The fourth-order valence-electron chi connectivity index (χ4n) is 2.84. The van der Waals surface area contributed by atoms with E-state index in [1.807, 2.05) is 0 Å². The second-order valence-corrected chi connectivity index (χ2v) is 5.70. The molecular formula is C17H28N2. The SMILES string of the molecule is CCC(CC)CNc1ccccc1CN1CCCC1. The van der Waals surface area contributed by atoms with Crippen LogP contribution in [0.4, 0.5) is 5.69 Å². The smallest absolute Gasteiger partial charge is 0.0385 e. The standard InChI is InChI=1S/C17H28N2/c1-3-15(4-2)13-18-17-10-6-5-9-16(17)14-19-11-7-8-12-19/h5-6,9-10,15,18H,3-4,7-8,11-14H2,1-2H3. The molecule has 0 radical (unpaired) electrons. The van der Waals surface area contributed by atoms with E-state index in [0.29, 0.717) is 0 Å². The Kier molecular flexibility index (Phi) is 5.71. The molecular weight excluding hydrogens is 232 g/mol. The van der Waals surface area contributed by atoms with Gasteiger partial charge in [-0.25, -0.2) is 0 Å². The summed E-state index contributed by atoms with van der Waals surface area (Å²) in [5.41, 5.74) is 2.79. The number of nitrogens with one attached hydrogen (secondary N) is 1. The largest absolute Gasteiger partial charge is 0.385 e. The molecule has 2 rings (SSSR count). The van der Waals surface area contributed by atoms with E-state index in [1.54, 1.807) is 0 Å². The topological polar surface area (TPSA) is 15.3 Å². The summed E-state index contributed by atoms with van der Waals surface area (Å²) in [6.07, 6.45) is 5.25. The predicted molar refractivity (Wildman–Crippen MR) is 83.5 cm³/mol. The van der Waals surface area contributed by atoms with Gasteiger partial charge in [-0.1, -0.05) is 44.9 Å². The molecule has 1 saturated heterocycles. The van der Waals surface area contributed by atoms with Gasteiger partial charge >= 0.3 is 0 Å². The zero-order valence-corrected chi connectivity index (χ0v) is 12.5. The molecule has 1 fully saturated rings. The number of rotatable bonds is 7. The van der Waals surface area contributed by atoms with Crippen molar-refractivity contribution in [2.75, 3.05) is 25.0 Å². The Bertz CT molecular complexity index is 365. The van der Waals surface area contributed by atoms with Crippen molar-refractivity contribution in [1.82, 2.24) is 4.90 Å². The number of likely N-dealkylation sites (tertiary alicyclic amines) is 1. The van der Waals surface area contributed by atoms with E-state index in [1.165, 1.54) is 50.0 Å². The number of benzene rings is 1. The highest BCUT2D eigenvalue weighted by Gasteiger charge is 2.13. The van der Waals surface area contributed by atoms with Crippen molar-refractivity contribution >= 4 is 5.69 Å². The highest BCUT2D eigenvalue weighted by molar-refractivity contribution is 5.51. The molecule has 2 nitrogen and oxygen atoms in total. The van der Waals surface area contributed by atoms with Gasteiger partial charge in [0.2, 0.25) is 0 Å². The van der Waals surface area contributed by atoms with Crippen LogP contribution >= 0.6 is 0 Å². The zero-order chi connectivity index (χ0) is 13.5. The van der Waals surface area contributed by atoms with Crippen LogP contribution in [0.25, 0.3) is 0 Å².